The summed E-state index contributed by atoms with van der Waals surface area (Å²) in [5.74, 6) is 1.35. The maximum atomic E-state index is 5.67. The minimum absolute atomic E-state index is 0.0504. The first-order valence-electron chi connectivity index (χ1n) is 6.30. The van der Waals surface area contributed by atoms with Crippen molar-refractivity contribution in [2.45, 2.75) is 51.2 Å². The minimum atomic E-state index is -0.0504. The zero-order chi connectivity index (χ0) is 12.3. The molecule has 5 heteroatoms. The van der Waals surface area contributed by atoms with Gasteiger partial charge >= 0.3 is 0 Å². The van der Waals surface area contributed by atoms with Crippen LogP contribution in [0.1, 0.15) is 50.9 Å². The van der Waals surface area contributed by atoms with Crippen LogP contribution in [0.3, 0.4) is 0 Å². The molecule has 1 aromatic heterocycles. The highest BCUT2D eigenvalue weighted by Crippen LogP contribution is 2.37. The molecule has 0 aromatic carbocycles. The lowest BCUT2D eigenvalue weighted by Crippen LogP contribution is -2.41. The van der Waals surface area contributed by atoms with Crippen LogP contribution in [0, 0.1) is 0 Å². The molecule has 1 heterocycles. The van der Waals surface area contributed by atoms with Crippen molar-refractivity contribution in [3.8, 4) is 0 Å². The van der Waals surface area contributed by atoms with E-state index in [1.54, 1.807) is 7.11 Å². The summed E-state index contributed by atoms with van der Waals surface area (Å²) >= 11 is 0. The molecule has 0 amide bonds. The fourth-order valence-electron chi connectivity index (χ4n) is 2.21. The Morgan fingerprint density at radius 1 is 1.47 bits per heavy atom. The maximum absolute atomic E-state index is 5.67. The Hall–Kier alpha value is -0.940. The molecule has 1 aliphatic carbocycles. The zero-order valence-corrected chi connectivity index (χ0v) is 10.8. The lowest BCUT2D eigenvalue weighted by Gasteiger charge is -2.39. The van der Waals surface area contributed by atoms with Gasteiger partial charge in [-0.05, 0) is 32.7 Å². The lowest BCUT2D eigenvalue weighted by atomic mass is 9.77. The Labute approximate surface area is 102 Å². The van der Waals surface area contributed by atoms with Gasteiger partial charge in [0.05, 0.1) is 18.1 Å². The molecule has 1 fully saturated rings. The number of aromatic nitrogens is 2. The summed E-state index contributed by atoms with van der Waals surface area (Å²) < 4.78 is 11.2. The van der Waals surface area contributed by atoms with Crippen molar-refractivity contribution in [2.24, 2.45) is 0 Å². The van der Waals surface area contributed by atoms with E-state index < -0.39 is 0 Å². The van der Waals surface area contributed by atoms with Crippen LogP contribution in [-0.2, 0) is 11.2 Å². The molecule has 1 aromatic rings. The Morgan fingerprint density at radius 3 is 2.76 bits per heavy atom. The monoisotopic (exact) mass is 239 g/mol. The summed E-state index contributed by atoms with van der Waals surface area (Å²) in [7, 11) is 1.76. The summed E-state index contributed by atoms with van der Waals surface area (Å²) in [6.45, 7) is 4.97. The molecular weight excluding hydrogens is 218 g/mol. The Balaban J connectivity index is 1.98. The standard InChI is InChI=1S/C12H21N3O2/c1-4-13-9(2)11-15-14-10(17-11)8-12(16-3)6-5-7-12/h9,13H,4-8H2,1-3H3. The Bertz CT molecular complexity index is 355. The number of nitrogens with one attached hydrogen (secondary N) is 1. The molecule has 0 bridgehead atoms. The largest absolute Gasteiger partial charge is 0.423 e. The third kappa shape index (κ3) is 2.66. The molecule has 0 saturated heterocycles. The van der Waals surface area contributed by atoms with E-state index in [2.05, 4.69) is 22.4 Å². The predicted octanol–water partition coefficient (Wildman–Crippen LogP) is 1.85. The number of hydrogen-bond donors (Lipinski definition) is 1. The molecule has 0 aliphatic heterocycles. The molecule has 5 nitrogen and oxygen atoms in total. The van der Waals surface area contributed by atoms with Gasteiger partial charge in [-0.2, -0.15) is 0 Å². The van der Waals surface area contributed by atoms with Crippen LogP contribution in [0.15, 0.2) is 4.42 Å². The summed E-state index contributed by atoms with van der Waals surface area (Å²) in [5, 5.41) is 11.4. The highest BCUT2D eigenvalue weighted by molar-refractivity contribution is 4.98. The van der Waals surface area contributed by atoms with Crippen LogP contribution < -0.4 is 5.32 Å². The van der Waals surface area contributed by atoms with E-state index in [1.165, 1.54) is 6.42 Å². The third-order valence-corrected chi connectivity index (χ3v) is 3.53. The SMILES string of the molecule is CCNC(C)c1nnc(CC2(OC)CCC2)o1. The molecule has 0 spiro atoms. The van der Waals surface area contributed by atoms with E-state index in [0.29, 0.717) is 11.8 Å². The van der Waals surface area contributed by atoms with Crippen LogP contribution in [0.5, 0.6) is 0 Å². The molecule has 2 rings (SSSR count). The number of methoxy groups -OCH3 is 1. The van der Waals surface area contributed by atoms with Gasteiger partial charge in [-0.1, -0.05) is 6.92 Å². The highest BCUT2D eigenvalue weighted by atomic mass is 16.5. The van der Waals surface area contributed by atoms with E-state index in [4.69, 9.17) is 9.15 Å². The first-order chi connectivity index (χ1) is 8.19. The Morgan fingerprint density at radius 2 is 2.24 bits per heavy atom. The van der Waals surface area contributed by atoms with E-state index in [9.17, 15) is 0 Å². The normalized spacial score (nSPS) is 19.9. The van der Waals surface area contributed by atoms with Crippen LogP contribution >= 0.6 is 0 Å². The number of rotatable bonds is 6. The van der Waals surface area contributed by atoms with Crippen molar-refractivity contribution in [1.82, 2.24) is 15.5 Å². The van der Waals surface area contributed by atoms with E-state index in [-0.39, 0.29) is 11.6 Å². The van der Waals surface area contributed by atoms with Gasteiger partial charge in [0.2, 0.25) is 11.8 Å². The predicted molar refractivity (Wildman–Crippen MR) is 63.7 cm³/mol. The highest BCUT2D eigenvalue weighted by Gasteiger charge is 2.38. The number of ether oxygens (including phenoxy) is 1. The van der Waals surface area contributed by atoms with Gasteiger partial charge in [0, 0.05) is 7.11 Å². The molecule has 1 N–H and O–H groups in total. The number of hydrogen-bond acceptors (Lipinski definition) is 5. The molecule has 0 radical (unpaired) electrons. The van der Waals surface area contributed by atoms with Crippen molar-refractivity contribution < 1.29 is 9.15 Å². The quantitative estimate of drug-likeness (QED) is 0.821. The zero-order valence-electron chi connectivity index (χ0n) is 10.8. The average molecular weight is 239 g/mol. The second-order valence-corrected chi connectivity index (χ2v) is 4.73. The molecule has 1 aliphatic rings. The van der Waals surface area contributed by atoms with Gasteiger partial charge in [0.15, 0.2) is 0 Å². The second kappa shape index (κ2) is 5.14. The van der Waals surface area contributed by atoms with Gasteiger partial charge in [-0.15, -0.1) is 10.2 Å². The molecule has 17 heavy (non-hydrogen) atoms. The number of nitrogens with zero attached hydrogens (tertiary/aromatic N) is 2. The van der Waals surface area contributed by atoms with Crippen molar-refractivity contribution in [2.75, 3.05) is 13.7 Å². The molecule has 96 valence electrons. The van der Waals surface area contributed by atoms with Gasteiger partial charge in [0.25, 0.3) is 0 Å². The van der Waals surface area contributed by atoms with Crippen LogP contribution in [0.25, 0.3) is 0 Å². The molecule has 1 saturated carbocycles. The molecule has 1 unspecified atom stereocenters. The van der Waals surface area contributed by atoms with Crippen molar-refractivity contribution in [1.29, 1.82) is 0 Å². The van der Waals surface area contributed by atoms with E-state index in [0.717, 1.165) is 25.8 Å². The topological polar surface area (TPSA) is 60.2 Å². The van der Waals surface area contributed by atoms with E-state index >= 15 is 0 Å². The smallest absolute Gasteiger partial charge is 0.233 e. The van der Waals surface area contributed by atoms with Gasteiger partial charge in [-0.25, -0.2) is 0 Å². The van der Waals surface area contributed by atoms with Gasteiger partial charge in [-0.3, -0.25) is 0 Å². The van der Waals surface area contributed by atoms with Crippen LogP contribution in [-0.4, -0.2) is 29.5 Å². The average Bonchev–Trinajstić information content (AvgIpc) is 2.72. The summed E-state index contributed by atoms with van der Waals surface area (Å²) in [4.78, 5) is 0. The Kier molecular flexibility index (Phi) is 3.79. The van der Waals surface area contributed by atoms with E-state index in [1.807, 2.05) is 6.92 Å². The summed E-state index contributed by atoms with van der Waals surface area (Å²) in [6.07, 6.45) is 4.13. The lowest BCUT2D eigenvalue weighted by molar-refractivity contribution is -0.0747. The van der Waals surface area contributed by atoms with Crippen molar-refractivity contribution in [3.05, 3.63) is 11.8 Å². The van der Waals surface area contributed by atoms with Gasteiger partial charge in [0.1, 0.15) is 0 Å². The fourth-order valence-corrected chi connectivity index (χ4v) is 2.21. The van der Waals surface area contributed by atoms with Gasteiger partial charge < -0.3 is 14.5 Å². The fraction of sp³-hybridized carbons (Fsp3) is 0.833. The maximum Gasteiger partial charge on any atom is 0.233 e. The minimum Gasteiger partial charge on any atom is -0.423 e. The van der Waals surface area contributed by atoms with Crippen LogP contribution in [0.4, 0.5) is 0 Å². The van der Waals surface area contributed by atoms with Crippen molar-refractivity contribution >= 4 is 0 Å². The first-order valence-corrected chi connectivity index (χ1v) is 6.30. The second-order valence-electron chi connectivity index (χ2n) is 4.73. The van der Waals surface area contributed by atoms with Crippen LogP contribution in [0.2, 0.25) is 0 Å². The van der Waals surface area contributed by atoms with Crippen molar-refractivity contribution in [3.63, 3.8) is 0 Å². The first kappa shape index (κ1) is 12.5. The summed E-state index contributed by atoms with van der Waals surface area (Å²) in [6, 6.07) is 0.112. The third-order valence-electron chi connectivity index (χ3n) is 3.53. The summed E-state index contributed by atoms with van der Waals surface area (Å²) in [5.41, 5.74) is -0.0504. The molecule has 1 atom stereocenters. The molecular formula is C12H21N3O2.